The van der Waals surface area contributed by atoms with Crippen molar-refractivity contribution < 1.29 is 18.3 Å². The fraction of sp³-hybridized carbons (Fsp3) is 0.364. The van der Waals surface area contributed by atoms with Crippen molar-refractivity contribution in [3.05, 3.63) is 35.4 Å². The lowest BCUT2D eigenvalue weighted by Crippen LogP contribution is -2.23. The predicted octanol–water partition coefficient (Wildman–Crippen LogP) is 0.867. The number of nitrogens with one attached hydrogen (secondary N) is 1. The van der Waals surface area contributed by atoms with Gasteiger partial charge >= 0.3 is 5.97 Å². The molecule has 1 aromatic carbocycles. The van der Waals surface area contributed by atoms with Crippen LogP contribution in [0.1, 0.15) is 22.3 Å². The summed E-state index contributed by atoms with van der Waals surface area (Å²) in [6, 6.07) is 6.57. The molecular weight excluding hydrogens is 242 g/mol. The third-order valence-electron chi connectivity index (χ3n) is 2.21. The quantitative estimate of drug-likeness (QED) is 0.741. The van der Waals surface area contributed by atoms with Crippen molar-refractivity contribution in [2.75, 3.05) is 12.8 Å². The molecule has 0 spiro atoms. The van der Waals surface area contributed by atoms with E-state index in [1.54, 1.807) is 24.3 Å². The first-order valence-electron chi connectivity index (χ1n) is 5.15. The fourth-order valence-electron chi connectivity index (χ4n) is 1.36. The maximum Gasteiger partial charge on any atom is 0.335 e. The van der Waals surface area contributed by atoms with Gasteiger partial charge in [-0.25, -0.2) is 17.9 Å². The number of benzene rings is 1. The molecule has 0 atom stereocenters. The molecule has 6 heteroatoms. The van der Waals surface area contributed by atoms with E-state index < -0.39 is 16.0 Å². The second-order valence-electron chi connectivity index (χ2n) is 3.77. The monoisotopic (exact) mass is 257 g/mol. The van der Waals surface area contributed by atoms with Gasteiger partial charge in [-0.3, -0.25) is 0 Å². The molecule has 0 amide bonds. The molecule has 0 saturated heterocycles. The number of hydrogen-bond acceptors (Lipinski definition) is 3. The van der Waals surface area contributed by atoms with Crippen LogP contribution in [-0.4, -0.2) is 32.3 Å². The SMILES string of the molecule is CS(=O)(=O)NCCCc1ccc(C(=O)O)cc1. The number of carboxylic acids is 1. The molecule has 0 saturated carbocycles. The zero-order chi connectivity index (χ0) is 12.9. The average molecular weight is 257 g/mol. The van der Waals surface area contributed by atoms with Gasteiger partial charge in [0.05, 0.1) is 11.8 Å². The molecule has 0 aliphatic heterocycles. The molecule has 1 rings (SSSR count). The Kier molecular flexibility index (Phi) is 4.65. The van der Waals surface area contributed by atoms with E-state index >= 15 is 0 Å². The molecule has 0 aliphatic carbocycles. The van der Waals surface area contributed by atoms with E-state index in [1.807, 2.05) is 0 Å². The highest BCUT2D eigenvalue weighted by molar-refractivity contribution is 7.88. The first kappa shape index (κ1) is 13.7. The Morgan fingerprint density at radius 2 is 1.88 bits per heavy atom. The Bertz CT molecular complexity index is 479. The Labute approximate surface area is 101 Å². The van der Waals surface area contributed by atoms with Crippen LogP contribution in [0.5, 0.6) is 0 Å². The summed E-state index contributed by atoms with van der Waals surface area (Å²) in [6.07, 6.45) is 2.51. The van der Waals surface area contributed by atoms with Crippen molar-refractivity contribution in [1.29, 1.82) is 0 Å². The maximum absolute atomic E-state index is 10.8. The van der Waals surface area contributed by atoms with E-state index in [2.05, 4.69) is 4.72 Å². The lowest BCUT2D eigenvalue weighted by Gasteiger charge is -2.03. The van der Waals surface area contributed by atoms with Crippen LogP contribution in [0.25, 0.3) is 0 Å². The largest absolute Gasteiger partial charge is 0.478 e. The summed E-state index contributed by atoms with van der Waals surface area (Å²) >= 11 is 0. The van der Waals surface area contributed by atoms with Gasteiger partial charge in [0.15, 0.2) is 0 Å². The number of aryl methyl sites for hydroxylation is 1. The summed E-state index contributed by atoms with van der Waals surface area (Å²) in [5.41, 5.74) is 1.24. The topological polar surface area (TPSA) is 83.5 Å². The van der Waals surface area contributed by atoms with Crippen LogP contribution < -0.4 is 4.72 Å². The number of carbonyl (C=O) groups is 1. The lowest BCUT2D eigenvalue weighted by molar-refractivity contribution is 0.0697. The van der Waals surface area contributed by atoms with Crippen molar-refractivity contribution in [3.8, 4) is 0 Å². The lowest BCUT2D eigenvalue weighted by atomic mass is 10.1. The molecule has 0 radical (unpaired) electrons. The normalized spacial score (nSPS) is 11.4. The minimum absolute atomic E-state index is 0.253. The van der Waals surface area contributed by atoms with Gasteiger partial charge in [0.25, 0.3) is 0 Å². The number of aromatic carboxylic acids is 1. The summed E-state index contributed by atoms with van der Waals surface area (Å²) in [5, 5.41) is 8.70. The van der Waals surface area contributed by atoms with Crippen LogP contribution in [0.15, 0.2) is 24.3 Å². The van der Waals surface area contributed by atoms with Crippen LogP contribution in [0, 0.1) is 0 Å². The number of rotatable bonds is 6. The Balaban J connectivity index is 2.40. The molecule has 0 aliphatic rings. The van der Waals surface area contributed by atoms with E-state index in [0.29, 0.717) is 19.4 Å². The molecule has 2 N–H and O–H groups in total. The Morgan fingerprint density at radius 3 is 2.35 bits per heavy atom. The van der Waals surface area contributed by atoms with Gasteiger partial charge in [0, 0.05) is 6.54 Å². The highest BCUT2D eigenvalue weighted by Gasteiger charge is 2.02. The van der Waals surface area contributed by atoms with Crippen molar-refractivity contribution >= 4 is 16.0 Å². The molecule has 1 aromatic rings. The third-order valence-corrected chi connectivity index (χ3v) is 2.94. The molecule has 0 bridgehead atoms. The van der Waals surface area contributed by atoms with Crippen molar-refractivity contribution in [3.63, 3.8) is 0 Å². The second kappa shape index (κ2) is 5.79. The molecular formula is C11H15NO4S. The van der Waals surface area contributed by atoms with E-state index in [1.165, 1.54) is 0 Å². The zero-order valence-corrected chi connectivity index (χ0v) is 10.3. The predicted molar refractivity (Wildman–Crippen MR) is 64.6 cm³/mol. The smallest absolute Gasteiger partial charge is 0.335 e. The Hall–Kier alpha value is -1.40. The molecule has 0 fully saturated rings. The van der Waals surface area contributed by atoms with Crippen molar-refractivity contribution in [2.45, 2.75) is 12.8 Å². The van der Waals surface area contributed by atoms with Gasteiger partial charge in [-0.2, -0.15) is 0 Å². The number of sulfonamides is 1. The average Bonchev–Trinajstić information content (AvgIpc) is 2.24. The van der Waals surface area contributed by atoms with Crippen LogP contribution in [0.3, 0.4) is 0 Å². The number of hydrogen-bond donors (Lipinski definition) is 2. The van der Waals surface area contributed by atoms with Crippen molar-refractivity contribution in [1.82, 2.24) is 4.72 Å². The standard InChI is InChI=1S/C11H15NO4S/c1-17(15,16)12-8-2-3-9-4-6-10(7-5-9)11(13)14/h4-7,12H,2-3,8H2,1H3,(H,13,14). The van der Waals surface area contributed by atoms with E-state index in [9.17, 15) is 13.2 Å². The van der Waals surface area contributed by atoms with E-state index in [4.69, 9.17) is 5.11 Å². The van der Waals surface area contributed by atoms with Gasteiger partial charge in [0.2, 0.25) is 10.0 Å². The summed E-state index contributed by atoms with van der Waals surface area (Å²) in [5.74, 6) is -0.949. The first-order valence-corrected chi connectivity index (χ1v) is 7.04. The van der Waals surface area contributed by atoms with E-state index in [0.717, 1.165) is 11.8 Å². The molecule has 94 valence electrons. The highest BCUT2D eigenvalue weighted by Crippen LogP contribution is 2.06. The van der Waals surface area contributed by atoms with Gasteiger partial charge in [-0.1, -0.05) is 12.1 Å². The molecule has 5 nitrogen and oxygen atoms in total. The summed E-state index contributed by atoms with van der Waals surface area (Å²) in [4.78, 5) is 10.6. The molecule has 0 aromatic heterocycles. The maximum atomic E-state index is 10.8. The van der Waals surface area contributed by atoms with E-state index in [-0.39, 0.29) is 5.56 Å². The van der Waals surface area contributed by atoms with Gasteiger partial charge in [-0.15, -0.1) is 0 Å². The van der Waals surface area contributed by atoms with Gasteiger partial charge in [0.1, 0.15) is 0 Å². The first-order chi connectivity index (χ1) is 7.88. The van der Waals surface area contributed by atoms with Crippen LogP contribution in [0.2, 0.25) is 0 Å². The summed E-state index contributed by atoms with van der Waals surface area (Å²) < 4.78 is 24.0. The second-order valence-corrected chi connectivity index (χ2v) is 5.61. The Morgan fingerprint density at radius 1 is 1.29 bits per heavy atom. The minimum atomic E-state index is -3.12. The molecule has 0 heterocycles. The van der Waals surface area contributed by atoms with Crippen LogP contribution >= 0.6 is 0 Å². The van der Waals surface area contributed by atoms with Gasteiger partial charge < -0.3 is 5.11 Å². The van der Waals surface area contributed by atoms with Crippen LogP contribution in [-0.2, 0) is 16.4 Å². The zero-order valence-electron chi connectivity index (χ0n) is 9.51. The van der Waals surface area contributed by atoms with Gasteiger partial charge in [-0.05, 0) is 30.5 Å². The minimum Gasteiger partial charge on any atom is -0.478 e. The summed E-state index contributed by atoms with van der Waals surface area (Å²) in [6.45, 7) is 0.388. The molecule has 0 unspecified atom stereocenters. The molecule has 17 heavy (non-hydrogen) atoms. The third kappa shape index (κ3) is 5.46. The number of carboxylic acid groups (broad SMARTS) is 1. The highest BCUT2D eigenvalue weighted by atomic mass is 32.2. The summed E-state index contributed by atoms with van der Waals surface area (Å²) in [7, 11) is -3.12. The fourth-order valence-corrected chi connectivity index (χ4v) is 1.88. The van der Waals surface area contributed by atoms with Crippen LogP contribution in [0.4, 0.5) is 0 Å². The van der Waals surface area contributed by atoms with Crippen molar-refractivity contribution in [2.24, 2.45) is 0 Å².